The number of nitro benzene ring substituents is 1. The lowest BCUT2D eigenvalue weighted by atomic mass is 10.2. The maximum absolute atomic E-state index is 12.7. The quantitative estimate of drug-likeness (QED) is 0.264. The van der Waals surface area contributed by atoms with Gasteiger partial charge in [0.1, 0.15) is 15.6 Å². The van der Waals surface area contributed by atoms with Crippen LogP contribution < -0.4 is 15.6 Å². The van der Waals surface area contributed by atoms with Crippen LogP contribution in [0.3, 0.4) is 0 Å². The van der Waals surface area contributed by atoms with E-state index in [0.717, 1.165) is 17.3 Å². The predicted octanol–water partition coefficient (Wildman–Crippen LogP) is 2.66. The van der Waals surface area contributed by atoms with E-state index in [9.17, 15) is 24.5 Å². The molecule has 1 aliphatic rings. The summed E-state index contributed by atoms with van der Waals surface area (Å²) >= 11 is 6.38. The van der Waals surface area contributed by atoms with Gasteiger partial charge >= 0.3 is 0 Å². The third-order valence-corrected chi connectivity index (χ3v) is 5.89. The second kappa shape index (κ2) is 10.7. The average molecular weight is 487 g/mol. The first kappa shape index (κ1) is 23.9. The van der Waals surface area contributed by atoms with Crippen LogP contribution in [0.25, 0.3) is 6.08 Å². The Hall–Kier alpha value is -3.77. The molecule has 1 fully saturated rings. The molecular formula is C21H18N4O6S2. The van der Waals surface area contributed by atoms with Crippen LogP contribution in [0.2, 0.25) is 0 Å². The van der Waals surface area contributed by atoms with Crippen LogP contribution >= 0.6 is 24.0 Å². The number of carbonyl (C=O) groups excluding carboxylic acids is 3. The number of nitro groups is 1. The zero-order valence-corrected chi connectivity index (χ0v) is 18.9. The number of rotatable bonds is 7. The molecule has 2 N–H and O–H groups in total. The molecule has 12 heteroatoms. The largest absolute Gasteiger partial charge is 0.497 e. The Morgan fingerprint density at radius 2 is 1.88 bits per heavy atom. The SMILES string of the molecule is COc1ccc(/C=C2\SC(=S)N(CCC(=O)NNC(=O)c3ccccc3[N+](=O)[O-])C2=O)cc1. The van der Waals surface area contributed by atoms with Gasteiger partial charge in [-0.1, -0.05) is 48.2 Å². The number of benzene rings is 2. The summed E-state index contributed by atoms with van der Waals surface area (Å²) in [6.45, 7) is 0.0117. The molecule has 0 radical (unpaired) electrons. The van der Waals surface area contributed by atoms with Gasteiger partial charge in [-0.15, -0.1) is 0 Å². The molecule has 10 nitrogen and oxygen atoms in total. The number of hydrogen-bond donors (Lipinski definition) is 2. The van der Waals surface area contributed by atoms with Gasteiger partial charge in [-0.3, -0.25) is 40.2 Å². The molecule has 0 aromatic heterocycles. The second-order valence-corrected chi connectivity index (χ2v) is 8.31. The fourth-order valence-corrected chi connectivity index (χ4v) is 4.15. The van der Waals surface area contributed by atoms with Crippen molar-refractivity contribution < 1.29 is 24.0 Å². The normalized spacial score (nSPS) is 14.3. The molecule has 1 aliphatic heterocycles. The molecule has 0 aliphatic carbocycles. The number of hydrazine groups is 1. The summed E-state index contributed by atoms with van der Waals surface area (Å²) in [5, 5.41) is 11.0. The molecule has 2 aromatic rings. The van der Waals surface area contributed by atoms with Crippen LogP contribution in [0.15, 0.2) is 53.4 Å². The van der Waals surface area contributed by atoms with Gasteiger partial charge in [0.25, 0.3) is 17.5 Å². The second-order valence-electron chi connectivity index (χ2n) is 6.63. The number of methoxy groups -OCH3 is 1. The van der Waals surface area contributed by atoms with Gasteiger partial charge in [-0.05, 0) is 29.8 Å². The van der Waals surface area contributed by atoms with Crippen LogP contribution in [0.1, 0.15) is 22.3 Å². The molecule has 0 atom stereocenters. The van der Waals surface area contributed by atoms with Gasteiger partial charge in [0, 0.05) is 19.0 Å². The van der Waals surface area contributed by atoms with E-state index in [1.807, 2.05) is 0 Å². The van der Waals surface area contributed by atoms with Crippen molar-refractivity contribution in [2.75, 3.05) is 13.7 Å². The van der Waals surface area contributed by atoms with E-state index >= 15 is 0 Å². The maximum atomic E-state index is 12.7. The van der Waals surface area contributed by atoms with Crippen LogP contribution in [0, 0.1) is 10.1 Å². The topological polar surface area (TPSA) is 131 Å². The zero-order chi connectivity index (χ0) is 24.0. The van der Waals surface area contributed by atoms with Gasteiger partial charge in [0.15, 0.2) is 0 Å². The third-order valence-electron chi connectivity index (χ3n) is 4.51. The highest BCUT2D eigenvalue weighted by Gasteiger charge is 2.32. The lowest BCUT2D eigenvalue weighted by molar-refractivity contribution is -0.385. The van der Waals surface area contributed by atoms with E-state index in [1.54, 1.807) is 37.5 Å². The number of nitrogens with zero attached hydrogens (tertiary/aromatic N) is 2. The van der Waals surface area contributed by atoms with Crippen molar-refractivity contribution in [3.05, 3.63) is 74.7 Å². The van der Waals surface area contributed by atoms with Crippen LogP contribution in [-0.4, -0.2) is 45.5 Å². The highest BCUT2D eigenvalue weighted by molar-refractivity contribution is 8.26. The maximum Gasteiger partial charge on any atom is 0.282 e. The van der Waals surface area contributed by atoms with Gasteiger partial charge < -0.3 is 4.74 Å². The highest BCUT2D eigenvalue weighted by atomic mass is 32.2. The molecule has 1 saturated heterocycles. The molecule has 3 amide bonds. The van der Waals surface area contributed by atoms with E-state index in [-0.39, 0.29) is 30.1 Å². The Labute approximate surface area is 198 Å². The smallest absolute Gasteiger partial charge is 0.282 e. The van der Waals surface area contributed by atoms with Crippen molar-refractivity contribution in [1.29, 1.82) is 0 Å². The molecule has 3 rings (SSSR count). The minimum atomic E-state index is -0.830. The van der Waals surface area contributed by atoms with E-state index in [2.05, 4.69) is 10.9 Å². The lowest BCUT2D eigenvalue weighted by Crippen LogP contribution is -2.43. The number of thioether (sulfide) groups is 1. The number of amides is 3. The fourth-order valence-electron chi connectivity index (χ4n) is 2.84. The molecular weight excluding hydrogens is 468 g/mol. The van der Waals surface area contributed by atoms with Crippen LogP contribution in [-0.2, 0) is 9.59 Å². The van der Waals surface area contributed by atoms with Gasteiger partial charge in [0.05, 0.1) is 16.9 Å². The Kier molecular flexibility index (Phi) is 7.74. The minimum Gasteiger partial charge on any atom is -0.497 e. The Morgan fingerprint density at radius 3 is 2.55 bits per heavy atom. The summed E-state index contributed by atoms with van der Waals surface area (Å²) in [6, 6.07) is 12.5. The number of ether oxygens (including phenoxy) is 1. The first-order chi connectivity index (χ1) is 15.8. The highest BCUT2D eigenvalue weighted by Crippen LogP contribution is 2.32. The molecule has 170 valence electrons. The van der Waals surface area contributed by atoms with Crippen molar-refractivity contribution in [3.8, 4) is 5.75 Å². The first-order valence-corrected chi connectivity index (χ1v) is 10.7. The average Bonchev–Trinajstić information content (AvgIpc) is 3.08. The zero-order valence-electron chi connectivity index (χ0n) is 17.3. The molecule has 0 bridgehead atoms. The molecule has 1 heterocycles. The molecule has 0 unspecified atom stereocenters. The van der Waals surface area contributed by atoms with Gasteiger partial charge in [-0.25, -0.2) is 0 Å². The van der Waals surface area contributed by atoms with E-state index in [1.165, 1.54) is 29.2 Å². The molecule has 33 heavy (non-hydrogen) atoms. The van der Waals surface area contributed by atoms with Gasteiger partial charge in [-0.2, -0.15) is 0 Å². The third kappa shape index (κ3) is 5.93. The summed E-state index contributed by atoms with van der Waals surface area (Å²) in [5.41, 5.74) is 4.55. The summed E-state index contributed by atoms with van der Waals surface area (Å²) in [5.74, 6) is -1.05. The van der Waals surface area contributed by atoms with Crippen molar-refractivity contribution in [3.63, 3.8) is 0 Å². The summed E-state index contributed by atoms with van der Waals surface area (Å²) in [7, 11) is 1.56. The minimum absolute atomic E-state index is 0.0117. The number of thiocarbonyl (C=S) groups is 1. The number of para-hydroxylation sites is 1. The standard InChI is InChI=1S/C21H18N4O6S2/c1-31-14-8-6-13(7-9-14)12-17-20(28)24(21(32)33-17)11-10-18(26)22-23-19(27)15-4-2-3-5-16(15)25(29)30/h2-9,12H,10-11H2,1H3,(H,22,26)(H,23,27)/b17-12-. The summed E-state index contributed by atoms with van der Waals surface area (Å²) in [6.07, 6.45) is 1.56. The van der Waals surface area contributed by atoms with Crippen molar-refractivity contribution in [2.24, 2.45) is 0 Å². The Morgan fingerprint density at radius 1 is 1.18 bits per heavy atom. The predicted molar refractivity (Wildman–Crippen MR) is 126 cm³/mol. The molecule has 2 aromatic carbocycles. The Balaban J connectivity index is 1.54. The molecule has 0 saturated carbocycles. The van der Waals surface area contributed by atoms with Crippen molar-refractivity contribution in [2.45, 2.75) is 6.42 Å². The van der Waals surface area contributed by atoms with E-state index in [0.29, 0.717) is 15.0 Å². The Bertz CT molecular complexity index is 1150. The van der Waals surface area contributed by atoms with E-state index in [4.69, 9.17) is 17.0 Å². The molecule has 0 spiro atoms. The lowest BCUT2D eigenvalue weighted by Gasteiger charge is -2.14. The number of nitrogens with one attached hydrogen (secondary N) is 2. The fraction of sp³-hybridized carbons (Fsp3) is 0.143. The summed E-state index contributed by atoms with van der Waals surface area (Å²) in [4.78, 5) is 49.0. The first-order valence-electron chi connectivity index (χ1n) is 9.52. The summed E-state index contributed by atoms with van der Waals surface area (Å²) < 4.78 is 5.43. The van der Waals surface area contributed by atoms with Crippen molar-refractivity contribution in [1.82, 2.24) is 15.8 Å². The number of carbonyl (C=O) groups is 3. The van der Waals surface area contributed by atoms with Crippen molar-refractivity contribution >= 4 is 57.8 Å². The van der Waals surface area contributed by atoms with Crippen LogP contribution in [0.5, 0.6) is 5.75 Å². The monoisotopic (exact) mass is 486 g/mol. The number of hydrogen-bond acceptors (Lipinski definition) is 8. The van der Waals surface area contributed by atoms with Crippen LogP contribution in [0.4, 0.5) is 5.69 Å². The van der Waals surface area contributed by atoms with E-state index < -0.39 is 16.7 Å². The van der Waals surface area contributed by atoms with Gasteiger partial charge in [0.2, 0.25) is 5.91 Å².